The highest BCUT2D eigenvalue weighted by Gasteiger charge is 2.11. The number of esters is 2. The molecule has 0 atom stereocenters. The van der Waals surface area contributed by atoms with Crippen LogP contribution >= 0.6 is 23.2 Å². The first kappa shape index (κ1) is 29.5. The summed E-state index contributed by atoms with van der Waals surface area (Å²) in [5, 5.41) is 1.09. The van der Waals surface area contributed by atoms with Gasteiger partial charge in [0.1, 0.15) is 0 Å². The van der Waals surface area contributed by atoms with E-state index in [4.69, 9.17) is 32.7 Å². The number of benzene rings is 2. The van der Waals surface area contributed by atoms with Gasteiger partial charge in [0, 0.05) is 34.0 Å². The second kappa shape index (κ2) is 16.9. The van der Waals surface area contributed by atoms with Crippen LogP contribution in [0.3, 0.4) is 0 Å². The van der Waals surface area contributed by atoms with Gasteiger partial charge in [-0.15, -0.1) is 0 Å². The maximum absolute atomic E-state index is 12.0. The van der Waals surface area contributed by atoms with Crippen LogP contribution in [0.1, 0.15) is 84.9 Å². The lowest BCUT2D eigenvalue weighted by Crippen LogP contribution is -2.13. The minimum Gasteiger partial charge on any atom is -0.457 e. The van der Waals surface area contributed by atoms with E-state index >= 15 is 0 Å². The number of Topliss-reactive ketones (excluding diaryl/α,β-unsaturated/α-hetero) is 2. The SMILES string of the molecule is O=C(CCCCCCCCCCC(=O)OCC(=O)c1ccc(Cl)cc1)OCC(=O)c1ccc(Cl)cc1. The minimum absolute atomic E-state index is 0.250. The van der Waals surface area contributed by atoms with Gasteiger partial charge in [0.2, 0.25) is 0 Å². The average molecular weight is 535 g/mol. The standard InChI is InChI=1S/C28H32Cl2O6/c29-23-15-11-21(12-16-23)25(31)19-35-27(33)9-7-5-3-1-2-4-6-8-10-28(34)36-20-26(32)22-13-17-24(30)18-14-22/h11-18H,1-10,19-20H2. The highest BCUT2D eigenvalue weighted by atomic mass is 35.5. The van der Waals surface area contributed by atoms with Gasteiger partial charge in [-0.25, -0.2) is 0 Å². The number of unbranched alkanes of at least 4 members (excludes halogenated alkanes) is 7. The number of carbonyl (C=O) groups is 4. The molecular formula is C28H32Cl2O6. The zero-order valence-electron chi connectivity index (χ0n) is 20.3. The Morgan fingerprint density at radius 2 is 0.806 bits per heavy atom. The van der Waals surface area contributed by atoms with Gasteiger partial charge in [-0.3, -0.25) is 19.2 Å². The molecule has 0 saturated carbocycles. The molecule has 0 aromatic heterocycles. The fraction of sp³-hybridized carbons (Fsp3) is 0.429. The highest BCUT2D eigenvalue weighted by molar-refractivity contribution is 6.31. The van der Waals surface area contributed by atoms with Crippen molar-refractivity contribution in [3.05, 3.63) is 69.7 Å². The summed E-state index contributed by atoms with van der Waals surface area (Å²) < 4.78 is 10.1. The quantitative estimate of drug-likeness (QED) is 0.123. The molecule has 0 bridgehead atoms. The number of rotatable bonds is 17. The molecule has 194 valence electrons. The number of hydrogen-bond donors (Lipinski definition) is 0. The van der Waals surface area contributed by atoms with Crippen molar-refractivity contribution in [3.63, 3.8) is 0 Å². The van der Waals surface area contributed by atoms with Crippen LogP contribution in [0.5, 0.6) is 0 Å². The minimum atomic E-state index is -0.362. The zero-order valence-corrected chi connectivity index (χ0v) is 21.8. The molecule has 2 rings (SSSR count). The van der Waals surface area contributed by atoms with E-state index in [0.29, 0.717) is 34.0 Å². The van der Waals surface area contributed by atoms with Crippen molar-refractivity contribution in [2.45, 2.75) is 64.2 Å². The van der Waals surface area contributed by atoms with Crippen LogP contribution in [0.15, 0.2) is 48.5 Å². The van der Waals surface area contributed by atoms with Gasteiger partial charge < -0.3 is 9.47 Å². The molecule has 0 spiro atoms. The van der Waals surface area contributed by atoms with Crippen LogP contribution in [-0.4, -0.2) is 36.7 Å². The Morgan fingerprint density at radius 1 is 0.500 bits per heavy atom. The van der Waals surface area contributed by atoms with E-state index in [2.05, 4.69) is 0 Å². The van der Waals surface area contributed by atoms with Gasteiger partial charge in [0.15, 0.2) is 24.8 Å². The third-order valence-corrected chi connectivity index (χ3v) is 6.08. The summed E-state index contributed by atoms with van der Waals surface area (Å²) in [4.78, 5) is 47.6. The van der Waals surface area contributed by atoms with Crippen molar-refractivity contribution in [2.75, 3.05) is 13.2 Å². The summed E-state index contributed by atoms with van der Waals surface area (Å²) in [6.45, 7) is -0.515. The first-order valence-electron chi connectivity index (χ1n) is 12.2. The number of ketones is 2. The molecule has 0 saturated heterocycles. The molecule has 0 radical (unpaired) electrons. The Labute approximate surface area is 222 Å². The first-order valence-corrected chi connectivity index (χ1v) is 13.0. The topological polar surface area (TPSA) is 86.7 Å². The van der Waals surface area contributed by atoms with Gasteiger partial charge in [-0.05, 0) is 61.4 Å². The normalized spacial score (nSPS) is 10.6. The van der Waals surface area contributed by atoms with Crippen LogP contribution in [0.2, 0.25) is 10.0 Å². The maximum atomic E-state index is 12.0. The lowest BCUT2D eigenvalue weighted by atomic mass is 10.1. The van der Waals surface area contributed by atoms with Crippen molar-refractivity contribution in [1.29, 1.82) is 0 Å². The molecule has 2 aromatic carbocycles. The molecule has 6 nitrogen and oxygen atoms in total. The van der Waals surface area contributed by atoms with E-state index in [1.807, 2.05) is 0 Å². The van der Waals surface area contributed by atoms with E-state index in [0.717, 1.165) is 51.4 Å². The summed E-state index contributed by atoms with van der Waals surface area (Å²) in [6, 6.07) is 12.9. The van der Waals surface area contributed by atoms with Crippen molar-refractivity contribution < 1.29 is 28.7 Å². The van der Waals surface area contributed by atoms with E-state index in [-0.39, 0.29) is 36.7 Å². The molecule has 0 aliphatic heterocycles. The Morgan fingerprint density at radius 3 is 1.14 bits per heavy atom. The molecule has 36 heavy (non-hydrogen) atoms. The number of carbonyl (C=O) groups excluding carboxylic acids is 4. The van der Waals surface area contributed by atoms with Crippen LogP contribution in [0.4, 0.5) is 0 Å². The van der Waals surface area contributed by atoms with Gasteiger partial charge >= 0.3 is 11.9 Å². The third kappa shape index (κ3) is 12.3. The molecule has 0 fully saturated rings. The average Bonchev–Trinajstić information content (AvgIpc) is 2.87. The first-order chi connectivity index (χ1) is 17.3. The molecule has 2 aromatic rings. The Bertz CT molecular complexity index is 905. The van der Waals surface area contributed by atoms with E-state index in [9.17, 15) is 19.2 Å². The molecular weight excluding hydrogens is 503 g/mol. The second-order valence-corrected chi connectivity index (χ2v) is 9.38. The Balaban J connectivity index is 1.40. The molecule has 0 amide bonds. The smallest absolute Gasteiger partial charge is 0.306 e. The van der Waals surface area contributed by atoms with Gasteiger partial charge in [0.25, 0.3) is 0 Å². The zero-order chi connectivity index (χ0) is 26.2. The molecule has 0 aliphatic rings. The Hall–Kier alpha value is -2.70. The van der Waals surface area contributed by atoms with Crippen molar-refractivity contribution >= 4 is 46.7 Å². The van der Waals surface area contributed by atoms with Gasteiger partial charge in [-0.2, -0.15) is 0 Å². The largest absolute Gasteiger partial charge is 0.457 e. The molecule has 0 unspecified atom stereocenters. The monoisotopic (exact) mass is 534 g/mol. The summed E-state index contributed by atoms with van der Waals surface area (Å²) in [5.41, 5.74) is 0.932. The molecule has 0 heterocycles. The number of halogens is 2. The van der Waals surface area contributed by atoms with E-state index in [1.165, 1.54) is 0 Å². The third-order valence-electron chi connectivity index (χ3n) is 5.57. The van der Waals surface area contributed by atoms with Gasteiger partial charge in [-0.1, -0.05) is 61.7 Å². The highest BCUT2D eigenvalue weighted by Crippen LogP contribution is 2.13. The summed E-state index contributed by atoms with van der Waals surface area (Å²) in [7, 11) is 0. The molecule has 8 heteroatoms. The van der Waals surface area contributed by atoms with Crippen molar-refractivity contribution in [3.8, 4) is 0 Å². The summed E-state index contributed by atoms with van der Waals surface area (Å²) >= 11 is 11.6. The van der Waals surface area contributed by atoms with Crippen LogP contribution in [0, 0.1) is 0 Å². The lowest BCUT2D eigenvalue weighted by Gasteiger charge is -2.06. The lowest BCUT2D eigenvalue weighted by molar-refractivity contribution is -0.143. The Kier molecular flexibility index (Phi) is 13.8. The summed E-state index contributed by atoms with van der Waals surface area (Å²) in [5.74, 6) is -1.22. The second-order valence-electron chi connectivity index (χ2n) is 8.51. The van der Waals surface area contributed by atoms with Crippen LogP contribution < -0.4 is 0 Å². The van der Waals surface area contributed by atoms with Gasteiger partial charge in [0.05, 0.1) is 0 Å². The number of ether oxygens (including phenoxy) is 2. The summed E-state index contributed by atoms with van der Waals surface area (Å²) in [6.07, 6.45) is 8.07. The predicted molar refractivity (Wildman–Crippen MR) is 140 cm³/mol. The van der Waals surface area contributed by atoms with Crippen LogP contribution in [-0.2, 0) is 19.1 Å². The van der Waals surface area contributed by atoms with Crippen molar-refractivity contribution in [1.82, 2.24) is 0 Å². The molecule has 0 N–H and O–H groups in total. The fourth-order valence-corrected chi connectivity index (χ4v) is 3.73. The van der Waals surface area contributed by atoms with E-state index in [1.54, 1.807) is 48.5 Å². The van der Waals surface area contributed by atoms with Crippen molar-refractivity contribution in [2.24, 2.45) is 0 Å². The predicted octanol–water partition coefficient (Wildman–Crippen LogP) is 7.05. The maximum Gasteiger partial charge on any atom is 0.306 e. The van der Waals surface area contributed by atoms with Crippen LogP contribution in [0.25, 0.3) is 0 Å². The number of hydrogen-bond acceptors (Lipinski definition) is 6. The molecule has 0 aliphatic carbocycles. The van der Waals surface area contributed by atoms with E-state index < -0.39 is 0 Å². The fourth-order valence-electron chi connectivity index (χ4n) is 3.47.